The normalized spacial score (nSPS) is 11.9. The Hall–Kier alpha value is -3.31. The maximum atomic E-state index is 13.2. The maximum absolute atomic E-state index is 13.2. The highest BCUT2D eigenvalue weighted by Gasteiger charge is 2.27. The van der Waals surface area contributed by atoms with Gasteiger partial charge in [-0.3, -0.25) is 4.79 Å². The van der Waals surface area contributed by atoms with Gasteiger partial charge in [0, 0.05) is 11.1 Å². The van der Waals surface area contributed by atoms with Gasteiger partial charge in [-0.15, -0.1) is 11.3 Å². The minimum Gasteiger partial charge on any atom is -0.445 e. The van der Waals surface area contributed by atoms with Crippen LogP contribution < -0.4 is 0 Å². The fourth-order valence-corrected chi connectivity index (χ4v) is 3.76. The van der Waals surface area contributed by atoms with Gasteiger partial charge in [0.1, 0.15) is 0 Å². The van der Waals surface area contributed by atoms with Crippen molar-refractivity contribution in [2.24, 2.45) is 0 Å². The van der Waals surface area contributed by atoms with Gasteiger partial charge in [-0.1, -0.05) is 59.7 Å². The summed E-state index contributed by atoms with van der Waals surface area (Å²) in [6.45, 7) is 3.93. The molecular formula is C24H19NO3S. The van der Waals surface area contributed by atoms with Crippen LogP contribution in [0.2, 0.25) is 0 Å². The molecular weight excluding hydrogens is 382 g/mol. The number of aromatic nitrogens is 1. The first-order chi connectivity index (χ1) is 14.0. The predicted molar refractivity (Wildman–Crippen MR) is 114 cm³/mol. The lowest BCUT2D eigenvalue weighted by molar-refractivity contribution is 0.0280. The van der Waals surface area contributed by atoms with Crippen molar-refractivity contribution in [3.8, 4) is 0 Å². The topological polar surface area (TPSA) is 56.3 Å². The lowest BCUT2D eigenvalue weighted by Crippen LogP contribution is -2.20. The lowest BCUT2D eigenvalue weighted by Gasteiger charge is -2.18. The van der Waals surface area contributed by atoms with Crippen LogP contribution in [0.5, 0.6) is 0 Å². The molecule has 4 rings (SSSR count). The minimum atomic E-state index is -1.01. The highest BCUT2D eigenvalue weighted by molar-refractivity contribution is 7.16. The number of thiazole rings is 1. The van der Waals surface area contributed by atoms with E-state index in [0.29, 0.717) is 16.7 Å². The van der Waals surface area contributed by atoms with Crippen molar-refractivity contribution in [1.82, 2.24) is 4.98 Å². The van der Waals surface area contributed by atoms with Crippen LogP contribution in [0, 0.1) is 13.8 Å². The molecule has 144 valence electrons. The number of aryl methyl sites for hydroxylation is 2. The Morgan fingerprint density at radius 1 is 0.862 bits per heavy atom. The van der Waals surface area contributed by atoms with Crippen LogP contribution in [-0.2, 0) is 4.74 Å². The van der Waals surface area contributed by atoms with Gasteiger partial charge in [0.15, 0.2) is 6.10 Å². The van der Waals surface area contributed by atoms with Crippen molar-refractivity contribution in [2.45, 2.75) is 20.0 Å². The summed E-state index contributed by atoms with van der Waals surface area (Å²) in [6, 6.07) is 19.9. The number of ether oxygens (including phenoxy) is 1. The molecule has 5 heteroatoms. The number of carbonyl (C=O) groups is 2. The second-order valence-corrected chi connectivity index (χ2v) is 7.85. The van der Waals surface area contributed by atoms with Crippen molar-refractivity contribution >= 4 is 33.3 Å². The fourth-order valence-electron chi connectivity index (χ4n) is 3.04. The monoisotopic (exact) mass is 401 g/mol. The lowest BCUT2D eigenvalue weighted by atomic mass is 9.98. The third kappa shape index (κ3) is 4.10. The predicted octanol–water partition coefficient (Wildman–Crippen LogP) is 5.69. The van der Waals surface area contributed by atoms with Crippen molar-refractivity contribution in [1.29, 1.82) is 0 Å². The molecule has 0 amide bonds. The zero-order valence-corrected chi connectivity index (χ0v) is 16.9. The third-order valence-electron chi connectivity index (χ3n) is 4.75. The van der Waals surface area contributed by atoms with Gasteiger partial charge in [-0.2, -0.15) is 0 Å². The average Bonchev–Trinajstić information content (AvgIpc) is 3.20. The van der Waals surface area contributed by atoms with Crippen molar-refractivity contribution in [3.05, 3.63) is 100 Å². The number of carbonyl (C=O) groups excluding carboxylic acids is 2. The van der Waals surface area contributed by atoms with E-state index in [4.69, 9.17) is 4.74 Å². The van der Waals surface area contributed by atoms with Gasteiger partial charge >= 0.3 is 5.97 Å². The largest absolute Gasteiger partial charge is 0.445 e. The molecule has 4 nitrogen and oxygen atoms in total. The molecule has 3 aromatic carbocycles. The number of esters is 1. The van der Waals surface area contributed by atoms with Crippen molar-refractivity contribution in [2.75, 3.05) is 0 Å². The molecule has 0 aliphatic heterocycles. The van der Waals surface area contributed by atoms with Crippen LogP contribution in [0.1, 0.15) is 43.5 Å². The zero-order chi connectivity index (χ0) is 20.4. The number of rotatable bonds is 5. The molecule has 0 bridgehead atoms. The molecule has 0 unspecified atom stereocenters. The first kappa shape index (κ1) is 19.0. The molecule has 0 fully saturated rings. The summed E-state index contributed by atoms with van der Waals surface area (Å²) >= 11 is 1.45. The number of hydrogen-bond acceptors (Lipinski definition) is 5. The van der Waals surface area contributed by atoms with Crippen molar-refractivity contribution in [3.63, 3.8) is 0 Å². The smallest absolute Gasteiger partial charge is 0.339 e. The summed E-state index contributed by atoms with van der Waals surface area (Å²) in [7, 11) is 0. The van der Waals surface area contributed by atoms with Crippen LogP contribution in [0.15, 0.2) is 72.2 Å². The fraction of sp³-hybridized carbons (Fsp3) is 0.125. The SMILES string of the molecule is Cc1ccc(C(=O)[C@H](OC(=O)c2ccc3ncsc3c2)c2ccc(C)cc2)cc1. The van der Waals surface area contributed by atoms with Gasteiger partial charge in [-0.25, -0.2) is 9.78 Å². The molecule has 1 heterocycles. The molecule has 0 N–H and O–H groups in total. The van der Waals surface area contributed by atoms with E-state index in [1.807, 2.05) is 50.2 Å². The summed E-state index contributed by atoms with van der Waals surface area (Å²) in [6.07, 6.45) is -1.01. The molecule has 0 saturated carbocycles. The highest BCUT2D eigenvalue weighted by atomic mass is 32.1. The van der Waals surface area contributed by atoms with E-state index < -0.39 is 12.1 Å². The van der Waals surface area contributed by atoms with Crippen molar-refractivity contribution < 1.29 is 14.3 Å². The summed E-state index contributed by atoms with van der Waals surface area (Å²) in [5, 5.41) is 0. The van der Waals surface area contributed by atoms with Gasteiger partial charge in [0.2, 0.25) is 5.78 Å². The van der Waals surface area contributed by atoms with E-state index in [9.17, 15) is 9.59 Å². The van der Waals surface area contributed by atoms with Gasteiger partial charge in [0.05, 0.1) is 21.3 Å². The Balaban J connectivity index is 1.67. The summed E-state index contributed by atoms with van der Waals surface area (Å²) in [5.41, 5.74) is 6.24. The van der Waals surface area contributed by atoms with E-state index in [-0.39, 0.29) is 5.78 Å². The summed E-state index contributed by atoms with van der Waals surface area (Å²) in [5.74, 6) is -0.785. The van der Waals surface area contributed by atoms with Gasteiger partial charge < -0.3 is 4.74 Å². The van der Waals surface area contributed by atoms with E-state index in [1.165, 1.54) is 11.3 Å². The summed E-state index contributed by atoms with van der Waals surface area (Å²) < 4.78 is 6.63. The average molecular weight is 401 g/mol. The Morgan fingerprint density at radius 3 is 2.17 bits per heavy atom. The molecule has 29 heavy (non-hydrogen) atoms. The Bertz CT molecular complexity index is 1180. The second kappa shape index (κ2) is 7.97. The standard InChI is InChI=1S/C24H19NO3S/c1-15-3-7-17(8-4-15)22(26)23(18-9-5-16(2)6-10-18)28-24(27)19-11-12-20-21(13-19)29-14-25-20/h3-14,23H,1-2H3/t23-/m1/s1. The quantitative estimate of drug-likeness (QED) is 0.318. The molecule has 1 aromatic heterocycles. The molecule has 0 aliphatic rings. The van der Waals surface area contributed by atoms with E-state index >= 15 is 0 Å². The third-order valence-corrected chi connectivity index (χ3v) is 5.54. The number of Topliss-reactive ketones (excluding diaryl/α,β-unsaturated/α-hetero) is 1. The van der Waals surface area contributed by atoms with E-state index in [2.05, 4.69) is 4.98 Å². The van der Waals surface area contributed by atoms with E-state index in [0.717, 1.165) is 21.3 Å². The Kier molecular flexibility index (Phi) is 5.23. The molecule has 0 saturated heterocycles. The van der Waals surface area contributed by atoms with Crippen LogP contribution in [-0.4, -0.2) is 16.7 Å². The van der Waals surface area contributed by atoms with Crippen LogP contribution >= 0.6 is 11.3 Å². The Morgan fingerprint density at radius 2 is 1.48 bits per heavy atom. The molecule has 0 aliphatic carbocycles. The number of hydrogen-bond donors (Lipinski definition) is 0. The number of ketones is 1. The highest BCUT2D eigenvalue weighted by Crippen LogP contribution is 2.26. The van der Waals surface area contributed by atoms with Crippen LogP contribution in [0.4, 0.5) is 0 Å². The maximum Gasteiger partial charge on any atom is 0.339 e. The van der Waals surface area contributed by atoms with E-state index in [1.54, 1.807) is 35.8 Å². The number of nitrogens with zero attached hydrogens (tertiary/aromatic N) is 1. The molecule has 0 radical (unpaired) electrons. The molecule has 4 aromatic rings. The van der Waals surface area contributed by atoms with Crippen LogP contribution in [0.25, 0.3) is 10.2 Å². The Labute approximate surface area is 172 Å². The van der Waals surface area contributed by atoms with Gasteiger partial charge in [-0.05, 0) is 32.0 Å². The van der Waals surface area contributed by atoms with Crippen LogP contribution in [0.3, 0.4) is 0 Å². The summed E-state index contributed by atoms with van der Waals surface area (Å²) in [4.78, 5) is 30.3. The minimum absolute atomic E-state index is 0.249. The van der Waals surface area contributed by atoms with Gasteiger partial charge in [0.25, 0.3) is 0 Å². The first-order valence-corrected chi connectivity index (χ1v) is 10.1. The second-order valence-electron chi connectivity index (χ2n) is 6.96. The molecule has 0 spiro atoms. The zero-order valence-electron chi connectivity index (χ0n) is 16.1. The number of benzene rings is 3. The first-order valence-electron chi connectivity index (χ1n) is 9.23. The molecule has 1 atom stereocenters. The number of fused-ring (bicyclic) bond motifs is 1.